The smallest absolute Gasteiger partial charge is 0.214 e. The van der Waals surface area contributed by atoms with Crippen LogP contribution in [0.15, 0.2) is 18.2 Å². The van der Waals surface area contributed by atoms with E-state index in [-0.39, 0.29) is 12.4 Å². The highest BCUT2D eigenvalue weighted by Gasteiger charge is 2.44. The topological polar surface area (TPSA) is 26.6 Å². The van der Waals surface area contributed by atoms with E-state index in [1.165, 1.54) is 19.3 Å². The minimum Gasteiger partial charge on any atom is -1.00 e. The van der Waals surface area contributed by atoms with Crippen LogP contribution in [0.5, 0.6) is 5.88 Å². The summed E-state index contributed by atoms with van der Waals surface area (Å²) in [5.74, 6) is 0.620. The second-order valence-corrected chi connectivity index (χ2v) is 7.74. The SMILES string of the molecule is CC1(C)CCCC(C)(C)[NH+]1CCCOc1cccc(Cl)n1.[Cl-]. The van der Waals surface area contributed by atoms with Crippen molar-refractivity contribution in [1.29, 1.82) is 0 Å². The van der Waals surface area contributed by atoms with E-state index in [9.17, 15) is 0 Å². The van der Waals surface area contributed by atoms with Crippen molar-refractivity contribution in [1.82, 2.24) is 4.98 Å². The Balaban J connectivity index is 0.00000242. The first-order valence-electron chi connectivity index (χ1n) is 7.93. The third-order valence-electron chi connectivity index (χ3n) is 4.75. The minimum absolute atomic E-state index is 0. The predicted molar refractivity (Wildman–Crippen MR) is 87.2 cm³/mol. The summed E-state index contributed by atoms with van der Waals surface area (Å²) in [5, 5.41) is 0.483. The summed E-state index contributed by atoms with van der Waals surface area (Å²) in [7, 11) is 0. The highest BCUT2D eigenvalue weighted by molar-refractivity contribution is 6.29. The molecule has 0 unspecified atom stereocenters. The highest BCUT2D eigenvalue weighted by atomic mass is 35.5. The largest absolute Gasteiger partial charge is 1.00 e. The number of halogens is 2. The first-order valence-corrected chi connectivity index (χ1v) is 8.31. The minimum atomic E-state index is 0. The van der Waals surface area contributed by atoms with E-state index in [0.29, 0.717) is 28.7 Å². The molecule has 0 atom stereocenters. The van der Waals surface area contributed by atoms with Crippen LogP contribution in [-0.4, -0.2) is 29.2 Å². The molecule has 2 rings (SSSR count). The van der Waals surface area contributed by atoms with Crippen LogP contribution in [0.1, 0.15) is 53.4 Å². The fourth-order valence-electron chi connectivity index (χ4n) is 3.76. The Hall–Kier alpha value is -0.510. The summed E-state index contributed by atoms with van der Waals surface area (Å²) in [6.45, 7) is 11.4. The van der Waals surface area contributed by atoms with E-state index < -0.39 is 0 Å². The average Bonchev–Trinajstić information content (AvgIpc) is 2.36. The Morgan fingerprint density at radius 2 is 1.82 bits per heavy atom. The van der Waals surface area contributed by atoms with E-state index in [1.807, 2.05) is 12.1 Å². The van der Waals surface area contributed by atoms with Crippen LogP contribution in [0.3, 0.4) is 0 Å². The number of quaternary nitrogens is 1. The van der Waals surface area contributed by atoms with Crippen molar-refractivity contribution in [2.45, 2.75) is 64.5 Å². The first kappa shape index (κ1) is 19.5. The number of nitrogens with one attached hydrogen (secondary N) is 1. The lowest BCUT2D eigenvalue weighted by Crippen LogP contribution is -3.26. The molecule has 3 nitrogen and oxygen atoms in total. The molecule has 0 aliphatic carbocycles. The van der Waals surface area contributed by atoms with Gasteiger partial charge in [-0.3, -0.25) is 0 Å². The molecule has 1 fully saturated rings. The lowest BCUT2D eigenvalue weighted by molar-refractivity contribution is -0.999. The molecule has 1 aromatic rings. The Kier molecular flexibility index (Phi) is 6.97. The fraction of sp³-hybridized carbons (Fsp3) is 0.706. The molecular formula is C17H28Cl2N2O. The number of hydrogen-bond acceptors (Lipinski definition) is 2. The predicted octanol–water partition coefficient (Wildman–Crippen LogP) is 0.134. The van der Waals surface area contributed by atoms with E-state index in [1.54, 1.807) is 11.0 Å². The Bertz CT molecular complexity index is 461. The van der Waals surface area contributed by atoms with E-state index in [0.717, 1.165) is 13.0 Å². The van der Waals surface area contributed by atoms with Gasteiger partial charge in [-0.05, 0) is 40.2 Å². The normalized spacial score (nSPS) is 20.2. The Morgan fingerprint density at radius 3 is 2.41 bits per heavy atom. The number of nitrogens with zero attached hydrogens (tertiary/aromatic N) is 1. The quantitative estimate of drug-likeness (QED) is 0.606. The highest BCUT2D eigenvalue weighted by Crippen LogP contribution is 2.23. The monoisotopic (exact) mass is 346 g/mol. The van der Waals surface area contributed by atoms with Crippen molar-refractivity contribution in [2.75, 3.05) is 13.2 Å². The van der Waals surface area contributed by atoms with Crippen LogP contribution in [0.2, 0.25) is 5.15 Å². The molecule has 1 aliphatic rings. The van der Waals surface area contributed by atoms with Crippen molar-refractivity contribution >= 4 is 11.6 Å². The lowest BCUT2D eigenvalue weighted by atomic mass is 9.80. The number of pyridine rings is 1. The third-order valence-corrected chi connectivity index (χ3v) is 4.96. The molecule has 1 saturated heterocycles. The van der Waals surface area contributed by atoms with Crippen molar-refractivity contribution in [2.24, 2.45) is 0 Å². The molecular weight excluding hydrogens is 319 g/mol. The van der Waals surface area contributed by atoms with Crippen LogP contribution in [0, 0.1) is 0 Å². The summed E-state index contributed by atoms with van der Waals surface area (Å²) in [4.78, 5) is 5.85. The maximum Gasteiger partial charge on any atom is 0.214 e. The molecule has 1 aliphatic heterocycles. The van der Waals surface area contributed by atoms with Crippen molar-refractivity contribution < 1.29 is 22.0 Å². The van der Waals surface area contributed by atoms with E-state index in [4.69, 9.17) is 16.3 Å². The molecule has 0 bridgehead atoms. The van der Waals surface area contributed by atoms with Gasteiger partial charge < -0.3 is 22.0 Å². The number of aromatic nitrogens is 1. The second kappa shape index (κ2) is 7.85. The molecule has 0 aromatic carbocycles. The maximum absolute atomic E-state index is 5.86. The summed E-state index contributed by atoms with van der Waals surface area (Å²) in [5.41, 5.74) is 0.714. The molecule has 0 radical (unpaired) electrons. The fourth-order valence-corrected chi connectivity index (χ4v) is 3.92. The van der Waals surface area contributed by atoms with Crippen LogP contribution < -0.4 is 22.0 Å². The molecule has 0 spiro atoms. The molecule has 22 heavy (non-hydrogen) atoms. The molecule has 0 amide bonds. The molecule has 1 N–H and O–H groups in total. The van der Waals surface area contributed by atoms with Crippen molar-refractivity contribution in [3.05, 3.63) is 23.4 Å². The molecule has 2 heterocycles. The van der Waals surface area contributed by atoms with Crippen LogP contribution in [0.25, 0.3) is 0 Å². The van der Waals surface area contributed by atoms with E-state index in [2.05, 4.69) is 32.7 Å². The number of likely N-dealkylation sites (tertiary alicyclic amines) is 1. The van der Waals surface area contributed by atoms with E-state index >= 15 is 0 Å². The zero-order valence-electron chi connectivity index (χ0n) is 14.1. The van der Waals surface area contributed by atoms with Crippen LogP contribution in [0.4, 0.5) is 0 Å². The lowest BCUT2D eigenvalue weighted by Gasteiger charge is -2.49. The van der Waals surface area contributed by atoms with Gasteiger partial charge in [0.2, 0.25) is 5.88 Å². The van der Waals surface area contributed by atoms with Gasteiger partial charge in [-0.1, -0.05) is 17.7 Å². The van der Waals surface area contributed by atoms with Gasteiger partial charge in [0, 0.05) is 25.3 Å². The average molecular weight is 347 g/mol. The van der Waals surface area contributed by atoms with Gasteiger partial charge in [0.15, 0.2) is 0 Å². The number of piperidine rings is 1. The summed E-state index contributed by atoms with van der Waals surface area (Å²) in [6.07, 6.45) is 4.99. The number of rotatable bonds is 5. The molecule has 1 aromatic heterocycles. The van der Waals surface area contributed by atoms with Gasteiger partial charge in [0.25, 0.3) is 0 Å². The van der Waals surface area contributed by atoms with Gasteiger partial charge in [0.1, 0.15) is 5.15 Å². The van der Waals surface area contributed by atoms with Gasteiger partial charge in [-0.15, -0.1) is 0 Å². The molecule has 5 heteroatoms. The molecule has 0 saturated carbocycles. The third kappa shape index (κ3) is 5.00. The van der Waals surface area contributed by atoms with Crippen LogP contribution >= 0.6 is 11.6 Å². The zero-order valence-corrected chi connectivity index (χ0v) is 15.6. The van der Waals surface area contributed by atoms with Gasteiger partial charge in [0.05, 0.1) is 24.2 Å². The maximum atomic E-state index is 5.86. The summed E-state index contributed by atoms with van der Waals surface area (Å²) >= 11 is 5.86. The standard InChI is InChI=1S/C17H27ClN2O.ClH/c1-16(2)10-6-11-17(3,4)20(16)12-7-13-21-15-9-5-8-14(18)19-15;/h5,8-9H,6-7,10-13H2,1-4H3;1H. The number of ether oxygens (including phenoxy) is 1. The molecule has 126 valence electrons. The van der Waals surface area contributed by atoms with Crippen molar-refractivity contribution in [3.63, 3.8) is 0 Å². The van der Waals surface area contributed by atoms with Gasteiger partial charge >= 0.3 is 0 Å². The summed E-state index contributed by atoms with van der Waals surface area (Å²) in [6, 6.07) is 5.48. The van der Waals surface area contributed by atoms with Gasteiger partial charge in [-0.25, -0.2) is 4.98 Å². The zero-order chi connectivity index (χ0) is 15.5. The Labute approximate surface area is 145 Å². The second-order valence-electron chi connectivity index (χ2n) is 7.35. The first-order chi connectivity index (χ1) is 9.81. The van der Waals surface area contributed by atoms with Gasteiger partial charge in [-0.2, -0.15) is 0 Å². The number of hydrogen-bond donors (Lipinski definition) is 1. The summed E-state index contributed by atoms with van der Waals surface area (Å²) < 4.78 is 5.71. The Morgan fingerprint density at radius 1 is 1.18 bits per heavy atom. The van der Waals surface area contributed by atoms with Crippen LogP contribution in [-0.2, 0) is 0 Å². The van der Waals surface area contributed by atoms with Crippen molar-refractivity contribution in [3.8, 4) is 5.88 Å².